The third kappa shape index (κ3) is 4.46. The highest BCUT2D eigenvalue weighted by Crippen LogP contribution is 2.19. The molecule has 0 aliphatic carbocycles. The van der Waals surface area contributed by atoms with Crippen molar-refractivity contribution in [3.63, 3.8) is 0 Å². The molecule has 0 amide bonds. The summed E-state index contributed by atoms with van der Waals surface area (Å²) in [5, 5.41) is 11.1. The lowest BCUT2D eigenvalue weighted by Crippen LogP contribution is -2.22. The van der Waals surface area contributed by atoms with Crippen LogP contribution in [-0.4, -0.2) is 42.8 Å². The van der Waals surface area contributed by atoms with Crippen LogP contribution >= 0.6 is 11.3 Å². The largest absolute Gasteiger partial charge is 0.465 e. The van der Waals surface area contributed by atoms with Gasteiger partial charge in [0.15, 0.2) is 0 Å². The summed E-state index contributed by atoms with van der Waals surface area (Å²) in [7, 11) is 3.37. The summed E-state index contributed by atoms with van der Waals surface area (Å²) >= 11 is 1.40. The third-order valence-corrected chi connectivity index (χ3v) is 3.42. The van der Waals surface area contributed by atoms with Crippen LogP contribution in [0.15, 0.2) is 11.4 Å². The highest BCUT2D eigenvalue weighted by atomic mass is 32.1. The van der Waals surface area contributed by atoms with Gasteiger partial charge in [0, 0.05) is 13.1 Å². The number of thiophene rings is 1. The van der Waals surface area contributed by atoms with Gasteiger partial charge in [-0.2, -0.15) is 0 Å². The lowest BCUT2D eigenvalue weighted by molar-refractivity contribution is 0.0604. The summed E-state index contributed by atoms with van der Waals surface area (Å²) in [5.41, 5.74) is 0.981. The van der Waals surface area contributed by atoms with E-state index >= 15 is 0 Å². The van der Waals surface area contributed by atoms with Crippen LogP contribution in [-0.2, 0) is 11.3 Å². The molecule has 0 spiro atoms. The summed E-state index contributed by atoms with van der Waals surface area (Å²) in [6, 6.07) is 1.94. The van der Waals surface area contributed by atoms with Crippen molar-refractivity contribution < 1.29 is 14.6 Å². The smallest absolute Gasteiger partial charge is 0.348 e. The van der Waals surface area contributed by atoms with Gasteiger partial charge in [-0.3, -0.25) is 0 Å². The van der Waals surface area contributed by atoms with Gasteiger partial charge in [-0.05, 0) is 37.4 Å². The summed E-state index contributed by atoms with van der Waals surface area (Å²) < 4.78 is 4.73. The molecule has 1 aromatic heterocycles. The van der Waals surface area contributed by atoms with Gasteiger partial charge < -0.3 is 14.7 Å². The summed E-state index contributed by atoms with van der Waals surface area (Å²) in [6.45, 7) is 3.27. The van der Waals surface area contributed by atoms with Crippen LogP contribution in [0.2, 0.25) is 0 Å². The Morgan fingerprint density at radius 1 is 1.65 bits per heavy atom. The van der Waals surface area contributed by atoms with Gasteiger partial charge in [-0.15, -0.1) is 11.3 Å². The molecular weight excluding hydrogens is 238 g/mol. The second kappa shape index (κ2) is 6.74. The second-order valence-corrected chi connectivity index (χ2v) is 5.06. The third-order valence-electron chi connectivity index (χ3n) is 2.49. The minimum atomic E-state index is -0.292. The monoisotopic (exact) mass is 257 g/mol. The van der Waals surface area contributed by atoms with E-state index in [0.717, 1.165) is 18.5 Å². The molecule has 5 heteroatoms. The van der Waals surface area contributed by atoms with Crippen molar-refractivity contribution in [1.82, 2.24) is 4.90 Å². The van der Waals surface area contributed by atoms with Gasteiger partial charge in [-0.25, -0.2) is 4.79 Å². The fourth-order valence-corrected chi connectivity index (χ4v) is 2.34. The number of hydrogen-bond donors (Lipinski definition) is 1. The van der Waals surface area contributed by atoms with Crippen LogP contribution in [0.5, 0.6) is 0 Å². The fraction of sp³-hybridized carbons (Fsp3) is 0.583. The lowest BCUT2D eigenvalue weighted by Gasteiger charge is -2.17. The summed E-state index contributed by atoms with van der Waals surface area (Å²) in [5.74, 6) is -0.279. The highest BCUT2D eigenvalue weighted by Gasteiger charge is 2.14. The molecule has 0 radical (unpaired) electrons. The lowest BCUT2D eigenvalue weighted by atomic mass is 10.2. The van der Waals surface area contributed by atoms with E-state index in [0.29, 0.717) is 11.4 Å². The number of esters is 1. The molecule has 0 aromatic carbocycles. The molecule has 1 unspecified atom stereocenters. The average Bonchev–Trinajstić information content (AvgIpc) is 2.73. The number of carbonyl (C=O) groups is 1. The zero-order valence-electron chi connectivity index (χ0n) is 10.5. The number of aliphatic hydroxyl groups is 1. The zero-order chi connectivity index (χ0) is 12.8. The maximum atomic E-state index is 11.5. The highest BCUT2D eigenvalue weighted by molar-refractivity contribution is 7.12. The molecule has 0 aliphatic heterocycles. The van der Waals surface area contributed by atoms with Gasteiger partial charge in [0.2, 0.25) is 0 Å². The SMILES string of the molecule is COC(=O)c1sccc1CN(C)CCC(C)O. The van der Waals surface area contributed by atoms with E-state index in [9.17, 15) is 9.90 Å². The number of ether oxygens (including phenoxy) is 1. The summed E-state index contributed by atoms with van der Waals surface area (Å²) in [6.07, 6.45) is 0.439. The van der Waals surface area contributed by atoms with Crippen molar-refractivity contribution in [2.24, 2.45) is 0 Å². The molecule has 1 atom stereocenters. The van der Waals surface area contributed by atoms with Gasteiger partial charge in [0.05, 0.1) is 13.2 Å². The predicted octanol–water partition coefficient (Wildman–Crippen LogP) is 1.74. The van der Waals surface area contributed by atoms with E-state index in [2.05, 4.69) is 4.90 Å². The molecule has 0 saturated carbocycles. The minimum Gasteiger partial charge on any atom is -0.465 e. The normalized spacial score (nSPS) is 12.8. The van der Waals surface area contributed by atoms with Gasteiger partial charge in [-0.1, -0.05) is 0 Å². The molecule has 4 nitrogen and oxygen atoms in total. The van der Waals surface area contributed by atoms with E-state index in [1.807, 2.05) is 18.5 Å². The maximum absolute atomic E-state index is 11.5. The first-order chi connectivity index (χ1) is 8.04. The van der Waals surface area contributed by atoms with E-state index in [4.69, 9.17) is 4.74 Å². The number of rotatable bonds is 6. The molecule has 0 saturated heterocycles. The van der Waals surface area contributed by atoms with Crippen LogP contribution < -0.4 is 0 Å². The van der Waals surface area contributed by atoms with E-state index in [1.54, 1.807) is 6.92 Å². The van der Waals surface area contributed by atoms with Gasteiger partial charge in [0.25, 0.3) is 0 Å². The van der Waals surface area contributed by atoms with Crippen molar-refractivity contribution in [2.45, 2.75) is 26.0 Å². The molecule has 1 heterocycles. The van der Waals surface area contributed by atoms with Crippen LogP contribution in [0.25, 0.3) is 0 Å². The molecule has 1 aromatic rings. The number of carbonyl (C=O) groups excluding carboxylic acids is 1. The Balaban J connectivity index is 2.56. The van der Waals surface area contributed by atoms with Crippen molar-refractivity contribution in [2.75, 3.05) is 20.7 Å². The van der Waals surface area contributed by atoms with E-state index in [-0.39, 0.29) is 12.1 Å². The number of nitrogens with zero attached hydrogens (tertiary/aromatic N) is 1. The van der Waals surface area contributed by atoms with Crippen LogP contribution in [0.1, 0.15) is 28.6 Å². The topological polar surface area (TPSA) is 49.8 Å². The van der Waals surface area contributed by atoms with Crippen molar-refractivity contribution in [3.8, 4) is 0 Å². The van der Waals surface area contributed by atoms with Gasteiger partial charge in [0.1, 0.15) is 4.88 Å². The molecule has 0 bridgehead atoms. The van der Waals surface area contributed by atoms with Crippen LogP contribution in [0.3, 0.4) is 0 Å². The number of aliphatic hydroxyl groups excluding tert-OH is 1. The Hall–Kier alpha value is -0.910. The minimum absolute atomic E-state index is 0.279. The van der Waals surface area contributed by atoms with Gasteiger partial charge >= 0.3 is 5.97 Å². The first kappa shape index (κ1) is 14.2. The Kier molecular flexibility index (Phi) is 5.61. The Morgan fingerprint density at radius 3 is 2.94 bits per heavy atom. The maximum Gasteiger partial charge on any atom is 0.348 e. The van der Waals surface area contributed by atoms with Crippen molar-refractivity contribution in [1.29, 1.82) is 0 Å². The molecule has 0 aliphatic rings. The molecule has 96 valence electrons. The standard InChI is InChI=1S/C12H19NO3S/c1-9(14)4-6-13(2)8-10-5-7-17-11(10)12(15)16-3/h5,7,9,14H,4,6,8H2,1-3H3. The molecular formula is C12H19NO3S. The molecule has 1 rings (SSSR count). The Bertz CT molecular complexity index is 362. The van der Waals surface area contributed by atoms with Crippen molar-refractivity contribution >= 4 is 17.3 Å². The average molecular weight is 257 g/mol. The molecule has 0 fully saturated rings. The fourth-order valence-electron chi connectivity index (χ4n) is 1.51. The Labute approximate surface area is 106 Å². The summed E-state index contributed by atoms with van der Waals surface area (Å²) in [4.78, 5) is 14.2. The molecule has 17 heavy (non-hydrogen) atoms. The second-order valence-electron chi connectivity index (χ2n) is 4.14. The number of hydrogen-bond acceptors (Lipinski definition) is 5. The van der Waals surface area contributed by atoms with Crippen LogP contribution in [0, 0.1) is 0 Å². The van der Waals surface area contributed by atoms with Crippen LogP contribution in [0.4, 0.5) is 0 Å². The first-order valence-electron chi connectivity index (χ1n) is 5.56. The van der Waals surface area contributed by atoms with Crippen molar-refractivity contribution in [3.05, 3.63) is 21.9 Å². The first-order valence-corrected chi connectivity index (χ1v) is 6.44. The quantitative estimate of drug-likeness (QED) is 0.789. The van der Waals surface area contributed by atoms with E-state index in [1.165, 1.54) is 18.4 Å². The zero-order valence-corrected chi connectivity index (χ0v) is 11.3. The predicted molar refractivity (Wildman–Crippen MR) is 68.3 cm³/mol. The Morgan fingerprint density at radius 2 is 2.35 bits per heavy atom. The number of methoxy groups -OCH3 is 1. The molecule has 1 N–H and O–H groups in total. The van der Waals surface area contributed by atoms with E-state index < -0.39 is 0 Å².